The summed E-state index contributed by atoms with van der Waals surface area (Å²) in [5.41, 5.74) is 6.27. The van der Waals surface area contributed by atoms with Gasteiger partial charge in [0.05, 0.1) is 16.4 Å². The SMILES string of the molecule is Nc1cnc(NC2CCC2)c(Br)c1. The van der Waals surface area contributed by atoms with E-state index >= 15 is 0 Å². The van der Waals surface area contributed by atoms with Crippen LogP contribution in [0.25, 0.3) is 0 Å². The summed E-state index contributed by atoms with van der Waals surface area (Å²) >= 11 is 3.42. The molecule has 0 saturated heterocycles. The molecule has 0 radical (unpaired) electrons. The quantitative estimate of drug-likeness (QED) is 0.837. The molecule has 1 aromatic heterocycles. The van der Waals surface area contributed by atoms with E-state index in [0.717, 1.165) is 10.3 Å². The van der Waals surface area contributed by atoms with Crippen molar-refractivity contribution in [3.05, 3.63) is 16.7 Å². The van der Waals surface area contributed by atoms with Crippen molar-refractivity contribution < 1.29 is 0 Å². The van der Waals surface area contributed by atoms with E-state index in [0.29, 0.717) is 11.7 Å². The lowest BCUT2D eigenvalue weighted by molar-refractivity contribution is 0.444. The predicted molar refractivity (Wildman–Crippen MR) is 57.6 cm³/mol. The molecule has 0 atom stereocenters. The minimum absolute atomic E-state index is 0.604. The van der Waals surface area contributed by atoms with Crippen LogP contribution in [0, 0.1) is 0 Å². The van der Waals surface area contributed by atoms with Crippen molar-refractivity contribution in [2.75, 3.05) is 11.1 Å². The number of pyridine rings is 1. The zero-order valence-corrected chi connectivity index (χ0v) is 8.84. The Balaban J connectivity index is 2.10. The van der Waals surface area contributed by atoms with Gasteiger partial charge in [-0.1, -0.05) is 0 Å². The first-order valence-electron chi connectivity index (χ1n) is 4.43. The Morgan fingerprint density at radius 2 is 2.31 bits per heavy atom. The maximum absolute atomic E-state index is 5.58. The number of nitrogens with one attached hydrogen (secondary N) is 1. The van der Waals surface area contributed by atoms with E-state index in [1.165, 1.54) is 19.3 Å². The van der Waals surface area contributed by atoms with Gasteiger partial charge in [-0.05, 0) is 41.3 Å². The Morgan fingerprint density at radius 3 is 2.85 bits per heavy atom. The van der Waals surface area contributed by atoms with Crippen molar-refractivity contribution in [3.8, 4) is 0 Å². The lowest BCUT2D eigenvalue weighted by atomic mass is 9.93. The summed E-state index contributed by atoms with van der Waals surface area (Å²) in [5, 5.41) is 3.36. The number of anilines is 2. The molecule has 1 fully saturated rings. The zero-order valence-electron chi connectivity index (χ0n) is 7.26. The first kappa shape index (κ1) is 8.81. The summed E-state index contributed by atoms with van der Waals surface area (Å²) in [6.45, 7) is 0. The van der Waals surface area contributed by atoms with Gasteiger partial charge in [-0.15, -0.1) is 0 Å². The minimum Gasteiger partial charge on any atom is -0.397 e. The first-order chi connectivity index (χ1) is 6.25. The van der Waals surface area contributed by atoms with E-state index < -0.39 is 0 Å². The van der Waals surface area contributed by atoms with Gasteiger partial charge in [0, 0.05) is 6.04 Å². The fourth-order valence-corrected chi connectivity index (χ4v) is 1.79. The predicted octanol–water partition coefficient (Wildman–Crippen LogP) is 2.39. The number of nitrogens with two attached hydrogens (primary N) is 1. The molecule has 0 unspecified atom stereocenters. The smallest absolute Gasteiger partial charge is 0.140 e. The molecule has 1 aliphatic rings. The standard InChI is InChI=1S/C9H12BrN3/c10-8-4-6(11)5-12-9(8)13-7-2-1-3-7/h4-5,7H,1-3,11H2,(H,12,13). The van der Waals surface area contributed by atoms with Crippen LogP contribution < -0.4 is 11.1 Å². The number of nitrogens with zero attached hydrogens (tertiary/aromatic N) is 1. The second-order valence-corrected chi connectivity index (χ2v) is 4.23. The molecular formula is C9H12BrN3. The molecule has 1 aromatic rings. The van der Waals surface area contributed by atoms with Gasteiger partial charge < -0.3 is 11.1 Å². The minimum atomic E-state index is 0.604. The monoisotopic (exact) mass is 241 g/mol. The molecule has 3 nitrogen and oxygen atoms in total. The van der Waals surface area contributed by atoms with Gasteiger partial charge in [-0.3, -0.25) is 0 Å². The highest BCUT2D eigenvalue weighted by Crippen LogP contribution is 2.27. The molecule has 70 valence electrons. The van der Waals surface area contributed by atoms with Crippen LogP contribution in [-0.2, 0) is 0 Å². The number of hydrogen-bond acceptors (Lipinski definition) is 3. The van der Waals surface area contributed by atoms with E-state index in [2.05, 4.69) is 26.2 Å². The van der Waals surface area contributed by atoms with E-state index in [1.54, 1.807) is 6.20 Å². The molecule has 0 bridgehead atoms. The third kappa shape index (κ3) is 1.94. The highest BCUT2D eigenvalue weighted by molar-refractivity contribution is 9.10. The number of rotatable bonds is 2. The molecule has 0 amide bonds. The van der Waals surface area contributed by atoms with Gasteiger partial charge in [0.2, 0.25) is 0 Å². The number of hydrogen-bond donors (Lipinski definition) is 2. The molecule has 1 aliphatic carbocycles. The van der Waals surface area contributed by atoms with Gasteiger partial charge in [0.15, 0.2) is 0 Å². The highest BCUT2D eigenvalue weighted by Gasteiger charge is 2.18. The van der Waals surface area contributed by atoms with Crippen molar-refractivity contribution in [3.63, 3.8) is 0 Å². The fraction of sp³-hybridized carbons (Fsp3) is 0.444. The van der Waals surface area contributed by atoms with Crippen molar-refractivity contribution in [2.45, 2.75) is 25.3 Å². The maximum atomic E-state index is 5.58. The third-order valence-corrected chi connectivity index (χ3v) is 2.91. The molecule has 3 N–H and O–H groups in total. The van der Waals surface area contributed by atoms with Crippen LogP contribution in [0.1, 0.15) is 19.3 Å². The van der Waals surface area contributed by atoms with Crippen LogP contribution in [0.3, 0.4) is 0 Å². The van der Waals surface area contributed by atoms with Crippen LogP contribution in [-0.4, -0.2) is 11.0 Å². The fourth-order valence-electron chi connectivity index (χ4n) is 1.30. The second kappa shape index (κ2) is 3.54. The van der Waals surface area contributed by atoms with Crippen molar-refractivity contribution in [2.24, 2.45) is 0 Å². The van der Waals surface area contributed by atoms with Gasteiger partial charge >= 0.3 is 0 Å². The number of aromatic nitrogens is 1. The van der Waals surface area contributed by atoms with Gasteiger partial charge in [-0.2, -0.15) is 0 Å². The Labute approximate surface area is 85.9 Å². The molecule has 0 spiro atoms. The summed E-state index contributed by atoms with van der Waals surface area (Å²) in [7, 11) is 0. The average molecular weight is 242 g/mol. The van der Waals surface area contributed by atoms with E-state index in [-0.39, 0.29) is 0 Å². The van der Waals surface area contributed by atoms with E-state index in [1.807, 2.05) is 6.07 Å². The van der Waals surface area contributed by atoms with Crippen LogP contribution in [0.2, 0.25) is 0 Å². The van der Waals surface area contributed by atoms with Crippen molar-refractivity contribution in [1.29, 1.82) is 0 Å². The Bertz CT molecular complexity index is 310. The Hall–Kier alpha value is -0.770. The Morgan fingerprint density at radius 1 is 1.54 bits per heavy atom. The van der Waals surface area contributed by atoms with Crippen LogP contribution in [0.15, 0.2) is 16.7 Å². The van der Waals surface area contributed by atoms with E-state index in [9.17, 15) is 0 Å². The zero-order chi connectivity index (χ0) is 9.26. The normalized spacial score (nSPS) is 16.7. The molecule has 0 aliphatic heterocycles. The lowest BCUT2D eigenvalue weighted by Crippen LogP contribution is -2.27. The molecule has 1 heterocycles. The Kier molecular flexibility index (Phi) is 2.40. The van der Waals surface area contributed by atoms with Crippen molar-refractivity contribution >= 4 is 27.4 Å². The molecule has 13 heavy (non-hydrogen) atoms. The van der Waals surface area contributed by atoms with Gasteiger partial charge in [0.25, 0.3) is 0 Å². The summed E-state index contributed by atoms with van der Waals surface area (Å²) in [6, 6.07) is 2.47. The molecule has 0 aromatic carbocycles. The molecule has 4 heteroatoms. The topological polar surface area (TPSA) is 50.9 Å². The number of halogens is 1. The average Bonchev–Trinajstić information content (AvgIpc) is 1.99. The van der Waals surface area contributed by atoms with E-state index in [4.69, 9.17) is 5.73 Å². The van der Waals surface area contributed by atoms with Crippen LogP contribution in [0.5, 0.6) is 0 Å². The largest absolute Gasteiger partial charge is 0.397 e. The highest BCUT2D eigenvalue weighted by atomic mass is 79.9. The van der Waals surface area contributed by atoms with Gasteiger partial charge in [-0.25, -0.2) is 4.98 Å². The van der Waals surface area contributed by atoms with Crippen LogP contribution >= 0.6 is 15.9 Å². The van der Waals surface area contributed by atoms with Crippen molar-refractivity contribution in [1.82, 2.24) is 4.98 Å². The lowest BCUT2D eigenvalue weighted by Gasteiger charge is -2.27. The molecule has 2 rings (SSSR count). The summed E-state index contributed by atoms with van der Waals surface area (Å²) < 4.78 is 0.944. The van der Waals surface area contributed by atoms with Gasteiger partial charge in [0.1, 0.15) is 5.82 Å². The molecular weight excluding hydrogens is 230 g/mol. The first-order valence-corrected chi connectivity index (χ1v) is 5.22. The van der Waals surface area contributed by atoms with Crippen LogP contribution in [0.4, 0.5) is 11.5 Å². The molecule has 1 saturated carbocycles. The summed E-state index contributed by atoms with van der Waals surface area (Å²) in [6.07, 6.45) is 5.49. The maximum Gasteiger partial charge on any atom is 0.140 e. The second-order valence-electron chi connectivity index (χ2n) is 3.37. The summed E-state index contributed by atoms with van der Waals surface area (Å²) in [4.78, 5) is 4.22. The summed E-state index contributed by atoms with van der Waals surface area (Å²) in [5.74, 6) is 0.902. The third-order valence-electron chi connectivity index (χ3n) is 2.31. The number of nitrogen functional groups attached to an aromatic ring is 1.